The third-order valence-corrected chi connectivity index (χ3v) is 7.36. The number of benzene rings is 3. The average molecular weight is 569 g/mol. The Hall–Kier alpha value is -4.15. The van der Waals surface area contributed by atoms with Crippen molar-refractivity contribution in [3.63, 3.8) is 0 Å². The summed E-state index contributed by atoms with van der Waals surface area (Å²) in [5, 5.41) is 2.05. The van der Waals surface area contributed by atoms with E-state index in [1.165, 1.54) is 30.3 Å². The Morgan fingerprint density at radius 3 is 2.26 bits per heavy atom. The molecule has 9 nitrogen and oxygen atoms in total. The maximum atomic E-state index is 13.3. The normalized spacial score (nSPS) is 14.9. The molecule has 1 saturated heterocycles. The Bertz CT molecular complexity index is 1630. The predicted molar refractivity (Wildman–Crippen MR) is 147 cm³/mol. The summed E-state index contributed by atoms with van der Waals surface area (Å²) in [5.74, 6) is -1.97. The van der Waals surface area contributed by atoms with Crippen LogP contribution in [0.4, 0.5) is 10.5 Å². The number of carbonyl (C=O) groups excluding carboxylic acids is 3. The van der Waals surface area contributed by atoms with Gasteiger partial charge >= 0.3 is 16.1 Å². The second kappa shape index (κ2) is 10.9. The molecule has 11 heteroatoms. The molecule has 1 N–H and O–H groups in total. The number of carbonyl (C=O) groups is 3. The molecule has 39 heavy (non-hydrogen) atoms. The van der Waals surface area contributed by atoms with Crippen molar-refractivity contribution in [2.45, 2.75) is 32.6 Å². The summed E-state index contributed by atoms with van der Waals surface area (Å²) in [6.45, 7) is 7.28. The first-order chi connectivity index (χ1) is 18.4. The number of halogens is 1. The fourth-order valence-electron chi connectivity index (χ4n) is 3.98. The largest absolute Gasteiger partial charge is 0.490 e. The summed E-state index contributed by atoms with van der Waals surface area (Å²) in [5.41, 5.74) is 2.74. The molecule has 1 aliphatic rings. The molecule has 0 aliphatic carbocycles. The van der Waals surface area contributed by atoms with Crippen molar-refractivity contribution in [2.75, 3.05) is 11.5 Å². The molecule has 0 unspecified atom stereocenters. The summed E-state index contributed by atoms with van der Waals surface area (Å²) in [4.78, 5) is 39.4. The van der Waals surface area contributed by atoms with Gasteiger partial charge in [0.15, 0.2) is 5.75 Å². The second-order valence-corrected chi connectivity index (χ2v) is 10.8. The van der Waals surface area contributed by atoms with Gasteiger partial charge in [0, 0.05) is 0 Å². The van der Waals surface area contributed by atoms with Crippen molar-refractivity contribution in [2.24, 2.45) is 0 Å². The van der Waals surface area contributed by atoms with Crippen LogP contribution in [0.2, 0.25) is 5.02 Å². The quantitative estimate of drug-likeness (QED) is 0.239. The topological polar surface area (TPSA) is 119 Å². The minimum absolute atomic E-state index is 0.0153. The molecule has 0 bridgehead atoms. The van der Waals surface area contributed by atoms with Crippen LogP contribution in [0.5, 0.6) is 11.5 Å². The van der Waals surface area contributed by atoms with Crippen LogP contribution in [0.1, 0.15) is 29.2 Å². The molecule has 4 rings (SSSR count). The van der Waals surface area contributed by atoms with E-state index >= 15 is 0 Å². The van der Waals surface area contributed by atoms with Gasteiger partial charge < -0.3 is 8.92 Å². The van der Waals surface area contributed by atoms with Gasteiger partial charge in [0.2, 0.25) is 5.75 Å². The van der Waals surface area contributed by atoms with Gasteiger partial charge in [-0.25, -0.2) is 9.69 Å². The summed E-state index contributed by atoms with van der Waals surface area (Å²) >= 11 is 6.41. The first kappa shape index (κ1) is 27.9. The van der Waals surface area contributed by atoms with Gasteiger partial charge in [-0.05, 0) is 75.2 Å². The Labute approximate surface area is 231 Å². The zero-order valence-corrected chi connectivity index (χ0v) is 23.1. The number of hydrogen-bond donors (Lipinski definition) is 1. The number of nitrogens with one attached hydrogen (secondary N) is 1. The molecular formula is C28H25ClN2O7S. The Kier molecular flexibility index (Phi) is 7.80. The Morgan fingerprint density at radius 2 is 1.62 bits per heavy atom. The number of amides is 4. The number of ether oxygens (including phenoxy) is 1. The third-order valence-electron chi connectivity index (χ3n) is 5.84. The predicted octanol–water partition coefficient (Wildman–Crippen LogP) is 5.10. The highest BCUT2D eigenvalue weighted by Crippen LogP contribution is 2.39. The van der Waals surface area contributed by atoms with Crippen LogP contribution in [0.25, 0.3) is 6.08 Å². The molecule has 0 atom stereocenters. The van der Waals surface area contributed by atoms with Crippen LogP contribution in [0.15, 0.2) is 65.1 Å². The molecule has 3 aromatic rings. The van der Waals surface area contributed by atoms with Crippen LogP contribution in [0.3, 0.4) is 0 Å². The zero-order chi connectivity index (χ0) is 28.5. The van der Waals surface area contributed by atoms with Crippen molar-refractivity contribution in [3.05, 3.63) is 87.4 Å². The SMILES string of the molecule is CCOc1cc(/C=C2\C(=O)NC(=O)N(c3ccc(C)cc3C)C2=O)cc(Cl)c1OS(=O)(=O)c1ccc(C)cc1. The van der Waals surface area contributed by atoms with E-state index in [9.17, 15) is 22.8 Å². The third kappa shape index (κ3) is 5.81. The van der Waals surface area contributed by atoms with Crippen molar-refractivity contribution >= 4 is 51.3 Å². The van der Waals surface area contributed by atoms with E-state index in [1.54, 1.807) is 38.1 Å². The Morgan fingerprint density at radius 1 is 0.949 bits per heavy atom. The molecule has 1 heterocycles. The van der Waals surface area contributed by atoms with Gasteiger partial charge in [0.1, 0.15) is 10.5 Å². The minimum Gasteiger partial charge on any atom is -0.490 e. The first-order valence-electron chi connectivity index (χ1n) is 11.9. The average Bonchev–Trinajstić information content (AvgIpc) is 2.85. The number of anilines is 1. The van der Waals surface area contributed by atoms with Crippen LogP contribution in [0, 0.1) is 20.8 Å². The van der Waals surface area contributed by atoms with Gasteiger partial charge in [-0.2, -0.15) is 8.42 Å². The van der Waals surface area contributed by atoms with Crippen LogP contribution >= 0.6 is 11.6 Å². The Balaban J connectivity index is 1.73. The number of hydrogen-bond acceptors (Lipinski definition) is 7. The van der Waals surface area contributed by atoms with E-state index in [4.69, 9.17) is 20.5 Å². The van der Waals surface area contributed by atoms with Gasteiger partial charge in [-0.1, -0.05) is 47.0 Å². The number of barbiturate groups is 1. The van der Waals surface area contributed by atoms with Crippen molar-refractivity contribution in [1.29, 1.82) is 0 Å². The summed E-state index contributed by atoms with van der Waals surface area (Å²) in [7, 11) is -4.24. The molecule has 0 spiro atoms. The van der Waals surface area contributed by atoms with Gasteiger partial charge in [-0.3, -0.25) is 14.9 Å². The monoisotopic (exact) mass is 568 g/mol. The maximum absolute atomic E-state index is 13.3. The maximum Gasteiger partial charge on any atom is 0.339 e. The minimum atomic E-state index is -4.24. The molecule has 202 valence electrons. The number of imide groups is 2. The van der Waals surface area contributed by atoms with Gasteiger partial charge in [0.05, 0.1) is 17.3 Å². The fourth-order valence-corrected chi connectivity index (χ4v) is 5.24. The molecule has 4 amide bonds. The highest BCUT2D eigenvalue weighted by molar-refractivity contribution is 7.87. The smallest absolute Gasteiger partial charge is 0.339 e. The molecule has 0 radical (unpaired) electrons. The van der Waals surface area contributed by atoms with Gasteiger partial charge in [-0.15, -0.1) is 0 Å². The number of rotatable bonds is 7. The van der Waals surface area contributed by atoms with Crippen molar-refractivity contribution < 1.29 is 31.7 Å². The van der Waals surface area contributed by atoms with E-state index in [1.807, 2.05) is 19.9 Å². The lowest BCUT2D eigenvalue weighted by atomic mass is 10.0. The first-order valence-corrected chi connectivity index (χ1v) is 13.7. The number of aryl methyl sites for hydroxylation is 3. The molecule has 0 saturated carbocycles. The standard InChI is InChI=1S/C28H25ClN2O7S/c1-5-37-24-15-19(14-22(29)25(24)38-39(35,36)20-9-6-16(2)7-10-20)13-21-26(32)30-28(34)31(27(21)33)23-11-8-17(3)12-18(23)4/h6-15H,5H2,1-4H3,(H,30,32,34)/b21-13+. The lowest BCUT2D eigenvalue weighted by Crippen LogP contribution is -2.54. The van der Waals surface area contributed by atoms with E-state index in [2.05, 4.69) is 5.32 Å². The lowest BCUT2D eigenvalue weighted by Gasteiger charge is -2.27. The fraction of sp³-hybridized carbons (Fsp3) is 0.179. The lowest BCUT2D eigenvalue weighted by molar-refractivity contribution is -0.122. The van der Waals surface area contributed by atoms with E-state index in [-0.39, 0.29) is 39.2 Å². The molecule has 1 aliphatic heterocycles. The van der Waals surface area contributed by atoms with E-state index in [0.717, 1.165) is 16.0 Å². The number of nitrogens with zero attached hydrogens (tertiary/aromatic N) is 1. The highest BCUT2D eigenvalue weighted by atomic mass is 35.5. The molecule has 3 aromatic carbocycles. The van der Waals surface area contributed by atoms with Crippen LogP contribution in [-0.4, -0.2) is 32.9 Å². The van der Waals surface area contributed by atoms with Gasteiger partial charge in [0.25, 0.3) is 11.8 Å². The summed E-state index contributed by atoms with van der Waals surface area (Å²) < 4.78 is 36.7. The summed E-state index contributed by atoms with van der Waals surface area (Å²) in [6, 6.07) is 13.1. The highest BCUT2D eigenvalue weighted by Gasteiger charge is 2.37. The van der Waals surface area contributed by atoms with Crippen molar-refractivity contribution in [1.82, 2.24) is 5.32 Å². The molecule has 0 aromatic heterocycles. The van der Waals surface area contributed by atoms with E-state index in [0.29, 0.717) is 11.3 Å². The van der Waals surface area contributed by atoms with Crippen LogP contribution in [-0.2, 0) is 19.7 Å². The second-order valence-electron chi connectivity index (χ2n) is 8.86. The van der Waals surface area contributed by atoms with Crippen LogP contribution < -0.4 is 19.1 Å². The molecular weight excluding hydrogens is 544 g/mol. The van der Waals surface area contributed by atoms with Crippen molar-refractivity contribution in [3.8, 4) is 11.5 Å². The number of urea groups is 1. The zero-order valence-electron chi connectivity index (χ0n) is 21.6. The van der Waals surface area contributed by atoms with E-state index < -0.39 is 28.0 Å². The summed E-state index contributed by atoms with van der Waals surface area (Å²) in [6.07, 6.45) is 1.24. The molecule has 1 fully saturated rings.